The molecule has 0 amide bonds. The third-order valence-electron chi connectivity index (χ3n) is 2.04. The van der Waals surface area contributed by atoms with Crippen LogP contribution in [-0.4, -0.2) is 30.8 Å². The van der Waals surface area contributed by atoms with E-state index in [-0.39, 0.29) is 12.8 Å². The van der Waals surface area contributed by atoms with Crippen molar-refractivity contribution in [3.63, 3.8) is 0 Å². The summed E-state index contributed by atoms with van der Waals surface area (Å²) >= 11 is 0. The molecule has 2 heterocycles. The van der Waals surface area contributed by atoms with Gasteiger partial charge in [-0.2, -0.15) is 4.98 Å². The van der Waals surface area contributed by atoms with Crippen LogP contribution in [0.15, 0.2) is 16.9 Å². The maximum atomic E-state index is 10.4. The number of aryl methyl sites for hydroxylation is 2. The molecule has 2 aromatic rings. The predicted octanol–water partition coefficient (Wildman–Crippen LogP) is 0.487. The molecule has 7 nitrogen and oxygen atoms in total. The number of carbonyl (C=O) groups is 1. The standard InChI is InChI=1S/C9H10N4O3/c1-13-5-4-10-9(13)8-11-6(16-12-8)2-3-7(14)15/h4-5H,2-3H2,1H3,(H,14,15). The maximum Gasteiger partial charge on any atom is 0.303 e. The zero-order valence-electron chi connectivity index (χ0n) is 8.62. The Balaban J connectivity index is 2.14. The molecule has 2 aromatic heterocycles. The Hall–Kier alpha value is -2.18. The molecular formula is C9H10N4O3. The number of aromatic nitrogens is 4. The van der Waals surface area contributed by atoms with Crippen molar-refractivity contribution in [3.05, 3.63) is 18.3 Å². The summed E-state index contributed by atoms with van der Waals surface area (Å²) in [7, 11) is 1.82. The van der Waals surface area contributed by atoms with Gasteiger partial charge in [0.05, 0.1) is 6.42 Å². The van der Waals surface area contributed by atoms with Gasteiger partial charge in [-0.25, -0.2) is 4.98 Å². The largest absolute Gasteiger partial charge is 0.481 e. The van der Waals surface area contributed by atoms with Crippen LogP contribution in [0, 0.1) is 0 Å². The quantitative estimate of drug-likeness (QED) is 0.808. The molecule has 0 aliphatic heterocycles. The van der Waals surface area contributed by atoms with E-state index in [9.17, 15) is 4.79 Å². The van der Waals surface area contributed by atoms with Crippen LogP contribution in [0.3, 0.4) is 0 Å². The normalized spacial score (nSPS) is 10.6. The van der Waals surface area contributed by atoms with Crippen molar-refractivity contribution >= 4 is 5.97 Å². The first kappa shape index (κ1) is 10.3. The van der Waals surface area contributed by atoms with Crippen LogP contribution in [0.2, 0.25) is 0 Å². The second-order valence-corrected chi connectivity index (χ2v) is 3.27. The Bertz CT molecular complexity index is 502. The average molecular weight is 222 g/mol. The third-order valence-corrected chi connectivity index (χ3v) is 2.04. The van der Waals surface area contributed by atoms with Crippen LogP contribution in [-0.2, 0) is 18.3 Å². The van der Waals surface area contributed by atoms with Crippen LogP contribution >= 0.6 is 0 Å². The molecule has 2 rings (SSSR count). The lowest BCUT2D eigenvalue weighted by Crippen LogP contribution is -1.98. The molecule has 0 aliphatic rings. The Labute approximate surface area is 90.7 Å². The number of imidazole rings is 1. The highest BCUT2D eigenvalue weighted by atomic mass is 16.5. The molecule has 0 saturated heterocycles. The average Bonchev–Trinajstić information content (AvgIpc) is 2.83. The number of aliphatic carboxylic acids is 1. The molecule has 0 fully saturated rings. The van der Waals surface area contributed by atoms with Gasteiger partial charge < -0.3 is 14.2 Å². The topological polar surface area (TPSA) is 94.0 Å². The smallest absolute Gasteiger partial charge is 0.303 e. The summed E-state index contributed by atoms with van der Waals surface area (Å²) in [6.45, 7) is 0. The summed E-state index contributed by atoms with van der Waals surface area (Å²) in [6, 6.07) is 0. The van der Waals surface area contributed by atoms with Crippen molar-refractivity contribution in [2.24, 2.45) is 7.05 Å². The van der Waals surface area contributed by atoms with Crippen molar-refractivity contribution in [1.82, 2.24) is 19.7 Å². The van der Waals surface area contributed by atoms with Gasteiger partial charge in [0.1, 0.15) is 0 Å². The Morgan fingerprint density at radius 2 is 2.44 bits per heavy atom. The van der Waals surface area contributed by atoms with Gasteiger partial charge in [-0.15, -0.1) is 0 Å². The Kier molecular flexibility index (Phi) is 2.67. The lowest BCUT2D eigenvalue weighted by Gasteiger charge is -1.92. The van der Waals surface area contributed by atoms with E-state index in [1.165, 1.54) is 0 Å². The second-order valence-electron chi connectivity index (χ2n) is 3.27. The molecule has 0 spiro atoms. The first-order valence-corrected chi connectivity index (χ1v) is 4.69. The zero-order valence-corrected chi connectivity index (χ0v) is 8.62. The highest BCUT2D eigenvalue weighted by molar-refractivity contribution is 5.66. The summed E-state index contributed by atoms with van der Waals surface area (Å²) in [5, 5.41) is 12.2. The van der Waals surface area contributed by atoms with Gasteiger partial charge in [0.25, 0.3) is 0 Å². The first-order valence-electron chi connectivity index (χ1n) is 4.69. The minimum absolute atomic E-state index is 0.0256. The third kappa shape index (κ3) is 2.08. The Morgan fingerprint density at radius 1 is 1.62 bits per heavy atom. The Morgan fingerprint density at radius 3 is 3.06 bits per heavy atom. The van der Waals surface area contributed by atoms with E-state index in [2.05, 4.69) is 15.1 Å². The minimum Gasteiger partial charge on any atom is -0.481 e. The van der Waals surface area contributed by atoms with Crippen molar-refractivity contribution < 1.29 is 14.4 Å². The molecule has 0 bridgehead atoms. The van der Waals surface area contributed by atoms with E-state index >= 15 is 0 Å². The van der Waals surface area contributed by atoms with Gasteiger partial charge in [0.2, 0.25) is 11.7 Å². The molecule has 0 radical (unpaired) electrons. The molecule has 0 unspecified atom stereocenters. The summed E-state index contributed by atoms with van der Waals surface area (Å²) in [4.78, 5) is 18.5. The second kappa shape index (κ2) is 4.13. The highest BCUT2D eigenvalue weighted by Gasteiger charge is 2.12. The minimum atomic E-state index is -0.892. The number of rotatable bonds is 4. The maximum absolute atomic E-state index is 10.4. The van der Waals surface area contributed by atoms with Gasteiger partial charge in [0, 0.05) is 25.9 Å². The molecule has 16 heavy (non-hydrogen) atoms. The van der Waals surface area contributed by atoms with E-state index < -0.39 is 5.97 Å². The molecule has 0 saturated carbocycles. The first-order chi connectivity index (χ1) is 7.66. The van der Waals surface area contributed by atoms with Crippen LogP contribution < -0.4 is 0 Å². The van der Waals surface area contributed by atoms with Crippen molar-refractivity contribution in [2.75, 3.05) is 0 Å². The number of carboxylic acids is 1. The molecule has 1 N–H and O–H groups in total. The molecule has 0 atom stereocenters. The van der Waals surface area contributed by atoms with Gasteiger partial charge in [-0.1, -0.05) is 5.16 Å². The summed E-state index contributed by atoms with van der Waals surface area (Å²) < 4.78 is 6.67. The number of hydrogen-bond donors (Lipinski definition) is 1. The highest BCUT2D eigenvalue weighted by Crippen LogP contribution is 2.12. The fourth-order valence-electron chi connectivity index (χ4n) is 1.24. The summed E-state index contributed by atoms with van der Waals surface area (Å²) in [5.74, 6) is 0.371. The van der Waals surface area contributed by atoms with E-state index in [1.807, 2.05) is 7.05 Å². The predicted molar refractivity (Wildman–Crippen MR) is 52.5 cm³/mol. The summed E-state index contributed by atoms with van der Waals surface area (Å²) in [6.07, 6.45) is 3.60. The molecule has 84 valence electrons. The lowest BCUT2D eigenvalue weighted by atomic mass is 10.3. The van der Waals surface area contributed by atoms with Crippen molar-refractivity contribution in [3.8, 4) is 11.6 Å². The van der Waals surface area contributed by atoms with Gasteiger partial charge in [0.15, 0.2) is 5.82 Å². The van der Waals surface area contributed by atoms with Crippen LogP contribution in [0.1, 0.15) is 12.3 Å². The van der Waals surface area contributed by atoms with E-state index in [0.717, 1.165) is 0 Å². The monoisotopic (exact) mass is 222 g/mol. The zero-order chi connectivity index (χ0) is 11.5. The van der Waals surface area contributed by atoms with Crippen LogP contribution in [0.4, 0.5) is 0 Å². The van der Waals surface area contributed by atoms with E-state index in [1.54, 1.807) is 17.0 Å². The van der Waals surface area contributed by atoms with Crippen LogP contribution in [0.5, 0.6) is 0 Å². The van der Waals surface area contributed by atoms with Gasteiger partial charge in [-0.3, -0.25) is 4.79 Å². The molecule has 7 heteroatoms. The molecular weight excluding hydrogens is 212 g/mol. The number of nitrogens with zero attached hydrogens (tertiary/aromatic N) is 4. The van der Waals surface area contributed by atoms with Crippen molar-refractivity contribution in [1.29, 1.82) is 0 Å². The van der Waals surface area contributed by atoms with Gasteiger partial charge in [-0.05, 0) is 0 Å². The van der Waals surface area contributed by atoms with Crippen LogP contribution in [0.25, 0.3) is 11.6 Å². The SMILES string of the molecule is Cn1ccnc1-c1noc(CCC(=O)O)n1. The van der Waals surface area contributed by atoms with E-state index in [0.29, 0.717) is 17.5 Å². The molecule has 0 aliphatic carbocycles. The van der Waals surface area contributed by atoms with Crippen molar-refractivity contribution in [2.45, 2.75) is 12.8 Å². The van der Waals surface area contributed by atoms with Gasteiger partial charge >= 0.3 is 5.97 Å². The number of carboxylic acid groups (broad SMARTS) is 1. The fourth-order valence-corrected chi connectivity index (χ4v) is 1.24. The molecule has 0 aromatic carbocycles. The van der Waals surface area contributed by atoms with E-state index in [4.69, 9.17) is 9.63 Å². The summed E-state index contributed by atoms with van der Waals surface area (Å²) in [5.41, 5.74) is 0. The number of hydrogen-bond acceptors (Lipinski definition) is 5. The lowest BCUT2D eigenvalue weighted by molar-refractivity contribution is -0.137. The fraction of sp³-hybridized carbons (Fsp3) is 0.333.